The van der Waals surface area contributed by atoms with Crippen molar-refractivity contribution in [3.63, 3.8) is 0 Å². The van der Waals surface area contributed by atoms with E-state index < -0.39 is 0 Å². The Labute approximate surface area is 109 Å². The lowest BCUT2D eigenvalue weighted by molar-refractivity contribution is 0.0525. The van der Waals surface area contributed by atoms with Crippen molar-refractivity contribution in [1.29, 1.82) is 0 Å². The molecule has 0 aromatic carbocycles. The molecule has 18 heavy (non-hydrogen) atoms. The number of aliphatic hydroxyl groups excluding tert-OH is 1. The molecule has 1 aromatic heterocycles. The largest absolute Gasteiger partial charge is 0.392 e. The molecule has 1 fully saturated rings. The van der Waals surface area contributed by atoms with E-state index in [1.807, 2.05) is 26.0 Å². The normalized spacial score (nSPS) is 20.2. The van der Waals surface area contributed by atoms with E-state index in [-0.39, 0.29) is 6.61 Å². The fourth-order valence-corrected chi connectivity index (χ4v) is 2.44. The molecular weight excluding hydrogens is 228 g/mol. The molecule has 100 valence electrons. The predicted octanol–water partition coefficient (Wildman–Crippen LogP) is 1.89. The van der Waals surface area contributed by atoms with Crippen molar-refractivity contribution < 1.29 is 9.84 Å². The van der Waals surface area contributed by atoms with Gasteiger partial charge in [0.1, 0.15) is 5.82 Å². The highest BCUT2D eigenvalue weighted by Crippen LogP contribution is 2.21. The molecule has 0 bridgehead atoms. The summed E-state index contributed by atoms with van der Waals surface area (Å²) in [5.41, 5.74) is 1.81. The molecule has 4 nitrogen and oxygen atoms in total. The summed E-state index contributed by atoms with van der Waals surface area (Å²) in [6, 6.07) is 3.95. The van der Waals surface area contributed by atoms with Crippen LogP contribution in [0.3, 0.4) is 0 Å². The maximum Gasteiger partial charge on any atom is 0.128 e. The standard InChI is InChI=1S/C14H22N2O2/c1-3-18-13-5-4-8-16(9-13)14-7-6-12(10-17)11(2)15-14/h6-7,13,17H,3-5,8-10H2,1-2H3. The smallest absolute Gasteiger partial charge is 0.128 e. The fraction of sp³-hybridized carbons (Fsp3) is 0.643. The molecule has 0 aliphatic carbocycles. The number of nitrogens with zero attached hydrogens (tertiary/aromatic N) is 2. The summed E-state index contributed by atoms with van der Waals surface area (Å²) in [5, 5.41) is 9.16. The monoisotopic (exact) mass is 250 g/mol. The number of hydrogen-bond acceptors (Lipinski definition) is 4. The van der Waals surface area contributed by atoms with Crippen LogP contribution in [0.2, 0.25) is 0 Å². The molecule has 1 aromatic rings. The number of ether oxygens (including phenoxy) is 1. The first-order chi connectivity index (χ1) is 8.74. The van der Waals surface area contributed by atoms with E-state index in [4.69, 9.17) is 9.84 Å². The van der Waals surface area contributed by atoms with Crippen LogP contribution in [-0.4, -0.2) is 35.9 Å². The molecule has 1 atom stereocenters. The van der Waals surface area contributed by atoms with Gasteiger partial charge in [0.15, 0.2) is 0 Å². The van der Waals surface area contributed by atoms with Gasteiger partial charge >= 0.3 is 0 Å². The number of anilines is 1. The van der Waals surface area contributed by atoms with Crippen LogP contribution >= 0.6 is 0 Å². The lowest BCUT2D eigenvalue weighted by atomic mass is 10.1. The van der Waals surface area contributed by atoms with Crippen LogP contribution in [0.4, 0.5) is 5.82 Å². The Hall–Kier alpha value is -1.13. The number of pyridine rings is 1. The van der Waals surface area contributed by atoms with Crippen LogP contribution < -0.4 is 4.90 Å². The Morgan fingerprint density at radius 3 is 3.00 bits per heavy atom. The quantitative estimate of drug-likeness (QED) is 0.886. The van der Waals surface area contributed by atoms with E-state index in [9.17, 15) is 0 Å². The third-order valence-corrected chi connectivity index (χ3v) is 3.46. The first-order valence-electron chi connectivity index (χ1n) is 6.68. The predicted molar refractivity (Wildman–Crippen MR) is 71.8 cm³/mol. The van der Waals surface area contributed by atoms with Crippen LogP contribution in [0, 0.1) is 6.92 Å². The average Bonchev–Trinajstić information content (AvgIpc) is 2.39. The third-order valence-electron chi connectivity index (χ3n) is 3.46. The van der Waals surface area contributed by atoms with Crippen molar-refractivity contribution in [2.45, 2.75) is 39.4 Å². The van der Waals surface area contributed by atoms with Crippen molar-refractivity contribution in [3.8, 4) is 0 Å². The number of aryl methyl sites for hydroxylation is 1. The molecule has 1 unspecified atom stereocenters. The summed E-state index contributed by atoms with van der Waals surface area (Å²) < 4.78 is 5.70. The number of aromatic nitrogens is 1. The van der Waals surface area contributed by atoms with Crippen molar-refractivity contribution in [2.24, 2.45) is 0 Å². The van der Waals surface area contributed by atoms with Gasteiger partial charge in [0.25, 0.3) is 0 Å². The summed E-state index contributed by atoms with van der Waals surface area (Å²) in [6.45, 7) is 6.76. The summed E-state index contributed by atoms with van der Waals surface area (Å²) in [4.78, 5) is 6.85. The van der Waals surface area contributed by atoms with Gasteiger partial charge < -0.3 is 14.7 Å². The molecule has 1 aliphatic heterocycles. The Kier molecular flexibility index (Phi) is 4.55. The summed E-state index contributed by atoms with van der Waals surface area (Å²) in [6.07, 6.45) is 2.61. The van der Waals surface area contributed by atoms with Gasteiger partial charge in [0.2, 0.25) is 0 Å². The maximum atomic E-state index is 9.16. The van der Waals surface area contributed by atoms with Gasteiger partial charge in [0.05, 0.1) is 12.7 Å². The van der Waals surface area contributed by atoms with Crippen LogP contribution in [0.1, 0.15) is 31.0 Å². The summed E-state index contributed by atoms with van der Waals surface area (Å²) in [5.74, 6) is 0.995. The maximum absolute atomic E-state index is 9.16. The minimum absolute atomic E-state index is 0.0562. The van der Waals surface area contributed by atoms with Gasteiger partial charge in [0, 0.05) is 25.4 Å². The number of hydrogen-bond donors (Lipinski definition) is 1. The zero-order valence-corrected chi connectivity index (χ0v) is 11.2. The first kappa shape index (κ1) is 13.3. The Morgan fingerprint density at radius 2 is 2.33 bits per heavy atom. The second-order valence-corrected chi connectivity index (χ2v) is 4.74. The molecule has 1 N–H and O–H groups in total. The topological polar surface area (TPSA) is 45.6 Å². The molecule has 0 spiro atoms. The highest BCUT2D eigenvalue weighted by atomic mass is 16.5. The number of piperidine rings is 1. The number of aliphatic hydroxyl groups is 1. The first-order valence-corrected chi connectivity index (χ1v) is 6.68. The van der Waals surface area contributed by atoms with Crippen molar-refractivity contribution in [3.05, 3.63) is 23.4 Å². The van der Waals surface area contributed by atoms with Crippen molar-refractivity contribution in [1.82, 2.24) is 4.98 Å². The summed E-state index contributed by atoms with van der Waals surface area (Å²) in [7, 11) is 0. The highest BCUT2D eigenvalue weighted by molar-refractivity contribution is 5.42. The molecule has 0 saturated carbocycles. The molecule has 0 radical (unpaired) electrons. The van der Waals surface area contributed by atoms with Gasteiger partial charge in [-0.2, -0.15) is 0 Å². The van der Waals surface area contributed by atoms with E-state index in [0.717, 1.165) is 49.6 Å². The minimum Gasteiger partial charge on any atom is -0.392 e. The van der Waals surface area contributed by atoms with Gasteiger partial charge in [-0.25, -0.2) is 4.98 Å². The van der Waals surface area contributed by atoms with Crippen LogP contribution in [0.15, 0.2) is 12.1 Å². The zero-order chi connectivity index (χ0) is 13.0. The van der Waals surface area contributed by atoms with Crippen molar-refractivity contribution in [2.75, 3.05) is 24.6 Å². The van der Waals surface area contributed by atoms with E-state index in [1.165, 1.54) is 0 Å². The lowest BCUT2D eigenvalue weighted by Gasteiger charge is -2.33. The van der Waals surface area contributed by atoms with Crippen molar-refractivity contribution >= 4 is 5.82 Å². The van der Waals surface area contributed by atoms with Gasteiger partial charge in [-0.15, -0.1) is 0 Å². The Balaban J connectivity index is 2.08. The molecule has 4 heteroatoms. The average molecular weight is 250 g/mol. The Morgan fingerprint density at radius 1 is 1.50 bits per heavy atom. The second kappa shape index (κ2) is 6.16. The van der Waals surface area contributed by atoms with E-state index in [0.29, 0.717) is 6.10 Å². The van der Waals surface area contributed by atoms with Crippen LogP contribution in [0.25, 0.3) is 0 Å². The Bertz CT molecular complexity index is 393. The molecular formula is C14H22N2O2. The number of rotatable bonds is 4. The van der Waals surface area contributed by atoms with Gasteiger partial charge in [-0.3, -0.25) is 0 Å². The van der Waals surface area contributed by atoms with Gasteiger partial charge in [-0.05, 0) is 38.3 Å². The lowest BCUT2D eigenvalue weighted by Crippen LogP contribution is -2.40. The molecule has 1 aliphatic rings. The van der Waals surface area contributed by atoms with Gasteiger partial charge in [-0.1, -0.05) is 6.07 Å². The molecule has 2 rings (SSSR count). The fourth-order valence-electron chi connectivity index (χ4n) is 2.44. The van der Waals surface area contributed by atoms with Crippen LogP contribution in [0.5, 0.6) is 0 Å². The van der Waals surface area contributed by atoms with E-state index in [2.05, 4.69) is 9.88 Å². The minimum atomic E-state index is 0.0562. The van der Waals surface area contributed by atoms with E-state index in [1.54, 1.807) is 0 Å². The molecule has 2 heterocycles. The third kappa shape index (κ3) is 3.00. The molecule has 0 amide bonds. The molecule has 1 saturated heterocycles. The van der Waals surface area contributed by atoms with E-state index >= 15 is 0 Å². The highest BCUT2D eigenvalue weighted by Gasteiger charge is 2.21. The summed E-state index contributed by atoms with van der Waals surface area (Å²) >= 11 is 0. The SMILES string of the molecule is CCOC1CCCN(c2ccc(CO)c(C)n2)C1. The van der Waals surface area contributed by atoms with Crippen LogP contribution in [-0.2, 0) is 11.3 Å². The zero-order valence-electron chi connectivity index (χ0n) is 11.2. The second-order valence-electron chi connectivity index (χ2n) is 4.74.